The maximum absolute atomic E-state index is 3.29. The molecular formula is C10H14N2S. The first-order valence-electron chi connectivity index (χ1n) is 4.66. The van der Waals surface area contributed by atoms with E-state index >= 15 is 0 Å². The lowest BCUT2D eigenvalue weighted by molar-refractivity contribution is 0.843. The van der Waals surface area contributed by atoms with E-state index in [-0.39, 0.29) is 0 Å². The first-order valence-corrected chi connectivity index (χ1v) is 5.48. The van der Waals surface area contributed by atoms with E-state index in [4.69, 9.17) is 0 Å². The van der Waals surface area contributed by atoms with E-state index in [0.29, 0.717) is 0 Å². The van der Waals surface area contributed by atoms with Crippen molar-refractivity contribution < 1.29 is 0 Å². The van der Waals surface area contributed by atoms with Crippen LogP contribution in [0.25, 0.3) is 5.70 Å². The van der Waals surface area contributed by atoms with Crippen LogP contribution < -0.4 is 10.6 Å². The highest BCUT2D eigenvalue weighted by Crippen LogP contribution is 2.24. The molecule has 0 amide bonds. The largest absolute Gasteiger partial charge is 0.372 e. The average molecular weight is 194 g/mol. The Bertz CT molecular complexity index is 314. The molecule has 0 fully saturated rings. The average Bonchev–Trinajstić information content (AvgIpc) is 2.70. The molecule has 1 aromatic rings. The van der Waals surface area contributed by atoms with Crippen LogP contribution in [0.5, 0.6) is 0 Å². The fraction of sp³-hybridized carbons (Fsp3) is 0.400. The molecule has 0 atom stereocenters. The minimum absolute atomic E-state index is 0.857. The first kappa shape index (κ1) is 8.63. The lowest BCUT2D eigenvalue weighted by Gasteiger charge is -1.97. The predicted octanol–water partition coefficient (Wildman–Crippen LogP) is 2.15. The van der Waals surface area contributed by atoms with Crippen molar-refractivity contribution in [1.29, 1.82) is 0 Å². The molecule has 1 aliphatic heterocycles. The summed E-state index contributed by atoms with van der Waals surface area (Å²) >= 11 is 1.88. The van der Waals surface area contributed by atoms with Crippen molar-refractivity contribution in [2.24, 2.45) is 0 Å². The molecule has 0 aromatic carbocycles. The van der Waals surface area contributed by atoms with E-state index in [1.807, 2.05) is 17.5 Å². The number of rotatable bonds is 3. The van der Waals surface area contributed by atoms with Gasteiger partial charge in [-0.3, -0.25) is 0 Å². The second kappa shape index (κ2) is 3.83. The molecule has 0 saturated heterocycles. The Morgan fingerprint density at radius 2 is 2.38 bits per heavy atom. The summed E-state index contributed by atoms with van der Waals surface area (Å²) in [5.74, 6) is 0. The Morgan fingerprint density at radius 1 is 1.46 bits per heavy atom. The summed E-state index contributed by atoms with van der Waals surface area (Å²) in [4.78, 5) is 2.82. The van der Waals surface area contributed by atoms with Gasteiger partial charge < -0.3 is 10.6 Å². The van der Waals surface area contributed by atoms with Gasteiger partial charge in [0.05, 0.1) is 17.2 Å². The highest BCUT2D eigenvalue weighted by molar-refractivity contribution is 7.13. The number of thiophene rings is 1. The molecule has 0 radical (unpaired) electrons. The molecule has 13 heavy (non-hydrogen) atoms. The summed E-state index contributed by atoms with van der Waals surface area (Å²) in [7, 11) is 0. The molecule has 1 aromatic heterocycles. The zero-order valence-electron chi connectivity index (χ0n) is 7.76. The van der Waals surface area contributed by atoms with Crippen LogP contribution in [-0.4, -0.2) is 6.67 Å². The molecule has 0 saturated carbocycles. The normalized spacial score (nSPS) is 15.0. The minimum atomic E-state index is 0.857. The minimum Gasteiger partial charge on any atom is -0.372 e. The Kier molecular flexibility index (Phi) is 2.54. The number of nitrogens with one attached hydrogen (secondary N) is 2. The molecular weight excluding hydrogens is 180 g/mol. The summed E-state index contributed by atoms with van der Waals surface area (Å²) in [6.45, 7) is 3.07. The van der Waals surface area contributed by atoms with E-state index < -0.39 is 0 Å². The van der Waals surface area contributed by atoms with Gasteiger partial charge in [-0.2, -0.15) is 0 Å². The van der Waals surface area contributed by atoms with Crippen molar-refractivity contribution in [3.8, 4) is 0 Å². The molecule has 0 aliphatic carbocycles. The monoisotopic (exact) mass is 194 g/mol. The third-order valence-corrected chi connectivity index (χ3v) is 3.23. The summed E-state index contributed by atoms with van der Waals surface area (Å²) in [5, 5.41) is 6.43. The van der Waals surface area contributed by atoms with E-state index in [0.717, 1.165) is 6.67 Å². The molecule has 2 rings (SSSR count). The molecule has 0 bridgehead atoms. The Hall–Kier alpha value is -0.960. The van der Waals surface area contributed by atoms with Gasteiger partial charge >= 0.3 is 0 Å². The van der Waals surface area contributed by atoms with Gasteiger partial charge in [-0.25, -0.2) is 0 Å². The Morgan fingerprint density at radius 3 is 3.08 bits per heavy atom. The standard InChI is InChI=1S/C10H14N2S/c1-2-3-8-4-5-10(13-8)9-6-11-7-12-9/h4-6,11-12H,2-3,7H2,1H3. The lowest BCUT2D eigenvalue weighted by Crippen LogP contribution is -2.13. The fourth-order valence-corrected chi connectivity index (χ4v) is 2.51. The third-order valence-electron chi connectivity index (χ3n) is 2.05. The fourth-order valence-electron chi connectivity index (χ4n) is 1.41. The maximum atomic E-state index is 3.29. The van der Waals surface area contributed by atoms with E-state index in [1.54, 1.807) is 0 Å². The van der Waals surface area contributed by atoms with Crippen molar-refractivity contribution in [3.63, 3.8) is 0 Å². The van der Waals surface area contributed by atoms with Crippen LogP contribution in [0.3, 0.4) is 0 Å². The second-order valence-electron chi connectivity index (χ2n) is 3.13. The molecule has 2 heterocycles. The van der Waals surface area contributed by atoms with Gasteiger partial charge in [0, 0.05) is 11.1 Å². The van der Waals surface area contributed by atoms with Gasteiger partial charge in [-0.05, 0) is 18.6 Å². The van der Waals surface area contributed by atoms with Gasteiger partial charge in [0.15, 0.2) is 0 Å². The third kappa shape index (κ3) is 1.86. The Balaban J connectivity index is 2.12. The topological polar surface area (TPSA) is 24.1 Å². The van der Waals surface area contributed by atoms with Gasteiger partial charge in [-0.1, -0.05) is 13.3 Å². The van der Waals surface area contributed by atoms with Gasteiger partial charge in [0.1, 0.15) is 0 Å². The van der Waals surface area contributed by atoms with Crippen LogP contribution in [0, 0.1) is 0 Å². The summed E-state index contributed by atoms with van der Waals surface area (Å²) in [6, 6.07) is 4.42. The lowest BCUT2D eigenvalue weighted by atomic mass is 10.3. The predicted molar refractivity (Wildman–Crippen MR) is 57.4 cm³/mol. The van der Waals surface area contributed by atoms with Crippen LogP contribution >= 0.6 is 11.3 Å². The molecule has 70 valence electrons. The van der Waals surface area contributed by atoms with Crippen molar-refractivity contribution in [2.75, 3.05) is 6.67 Å². The number of aryl methyl sites for hydroxylation is 1. The van der Waals surface area contributed by atoms with Crippen LogP contribution in [0.1, 0.15) is 23.1 Å². The van der Waals surface area contributed by atoms with Crippen molar-refractivity contribution in [1.82, 2.24) is 10.6 Å². The molecule has 3 heteroatoms. The van der Waals surface area contributed by atoms with E-state index in [9.17, 15) is 0 Å². The Labute approximate surface area is 82.7 Å². The molecule has 0 spiro atoms. The maximum Gasteiger partial charge on any atom is 0.0846 e. The number of hydrogen-bond donors (Lipinski definition) is 2. The van der Waals surface area contributed by atoms with Crippen molar-refractivity contribution >= 4 is 17.0 Å². The van der Waals surface area contributed by atoms with Crippen molar-refractivity contribution in [2.45, 2.75) is 19.8 Å². The van der Waals surface area contributed by atoms with Gasteiger partial charge in [0.2, 0.25) is 0 Å². The summed E-state index contributed by atoms with van der Waals surface area (Å²) in [5.41, 5.74) is 1.23. The molecule has 2 N–H and O–H groups in total. The second-order valence-corrected chi connectivity index (χ2v) is 4.30. The van der Waals surface area contributed by atoms with Crippen LogP contribution in [-0.2, 0) is 6.42 Å². The zero-order valence-corrected chi connectivity index (χ0v) is 8.58. The van der Waals surface area contributed by atoms with Crippen LogP contribution in [0.4, 0.5) is 0 Å². The van der Waals surface area contributed by atoms with Crippen molar-refractivity contribution in [3.05, 3.63) is 28.1 Å². The quantitative estimate of drug-likeness (QED) is 0.770. The zero-order chi connectivity index (χ0) is 9.10. The summed E-state index contributed by atoms with van der Waals surface area (Å²) < 4.78 is 0. The van der Waals surface area contributed by atoms with Gasteiger partial charge in [0.25, 0.3) is 0 Å². The number of hydrogen-bond acceptors (Lipinski definition) is 3. The molecule has 1 aliphatic rings. The molecule has 2 nitrogen and oxygen atoms in total. The smallest absolute Gasteiger partial charge is 0.0846 e. The van der Waals surface area contributed by atoms with Crippen LogP contribution in [0.15, 0.2) is 18.3 Å². The van der Waals surface area contributed by atoms with Gasteiger partial charge in [-0.15, -0.1) is 11.3 Å². The van der Waals surface area contributed by atoms with E-state index in [1.165, 1.54) is 28.3 Å². The highest BCUT2D eigenvalue weighted by atomic mass is 32.1. The summed E-state index contributed by atoms with van der Waals surface area (Å²) in [6.07, 6.45) is 4.47. The van der Waals surface area contributed by atoms with Crippen LogP contribution in [0.2, 0.25) is 0 Å². The van der Waals surface area contributed by atoms with E-state index in [2.05, 4.69) is 29.7 Å². The first-order chi connectivity index (χ1) is 6.40. The SMILES string of the molecule is CCCc1ccc(C2=CNCN2)s1. The highest BCUT2D eigenvalue weighted by Gasteiger charge is 2.07. The molecule has 0 unspecified atom stereocenters.